The maximum absolute atomic E-state index is 10.6. The molecule has 0 bridgehead atoms. The van der Waals surface area contributed by atoms with Gasteiger partial charge in [0.1, 0.15) is 0 Å². The van der Waals surface area contributed by atoms with Crippen LogP contribution in [0.2, 0.25) is 0 Å². The normalized spacial score (nSPS) is 26.2. The zero-order chi connectivity index (χ0) is 14.7. The molecular weight excluding hydrogens is 262 g/mol. The van der Waals surface area contributed by atoms with Crippen LogP contribution in [0.15, 0.2) is 30.3 Å². The fourth-order valence-electron chi connectivity index (χ4n) is 3.35. The van der Waals surface area contributed by atoms with Gasteiger partial charge in [-0.3, -0.25) is 0 Å². The number of likely N-dealkylation sites (tertiary alicyclic amines) is 1. The Morgan fingerprint density at radius 2 is 1.90 bits per heavy atom. The molecule has 0 saturated carbocycles. The maximum atomic E-state index is 10.6. The van der Waals surface area contributed by atoms with Gasteiger partial charge in [-0.1, -0.05) is 18.2 Å². The second kappa shape index (κ2) is 6.34. The Balaban J connectivity index is 1.47. The molecule has 2 N–H and O–H groups in total. The first-order chi connectivity index (χ1) is 10.1. The summed E-state index contributed by atoms with van der Waals surface area (Å²) in [6, 6.07) is 11.1. The van der Waals surface area contributed by atoms with Crippen molar-refractivity contribution in [2.24, 2.45) is 0 Å². The topological polar surface area (TPSA) is 38.7 Å². The van der Waals surface area contributed by atoms with Crippen molar-refractivity contribution in [3.63, 3.8) is 0 Å². The highest BCUT2D eigenvalue weighted by molar-refractivity contribution is 5.47. The van der Waals surface area contributed by atoms with Crippen LogP contribution in [0.3, 0.4) is 0 Å². The van der Waals surface area contributed by atoms with Gasteiger partial charge in [0.2, 0.25) is 0 Å². The van der Waals surface area contributed by atoms with E-state index in [0.29, 0.717) is 6.04 Å². The highest BCUT2D eigenvalue weighted by atomic mass is 16.3. The van der Waals surface area contributed by atoms with E-state index in [1.165, 1.54) is 5.69 Å². The molecule has 0 aromatic heterocycles. The van der Waals surface area contributed by atoms with Gasteiger partial charge in [0.15, 0.2) is 0 Å². The summed E-state index contributed by atoms with van der Waals surface area (Å²) in [5.41, 5.74) is 0.798. The number of aliphatic hydroxyl groups is 1. The summed E-state index contributed by atoms with van der Waals surface area (Å²) < 4.78 is 0. The SMILES string of the molecule is CN1CCC(O)(CN[C@@H]2CCN(c3ccccc3)C2)CC1. The molecule has 2 aliphatic heterocycles. The largest absolute Gasteiger partial charge is 0.388 e. The van der Waals surface area contributed by atoms with Crippen LogP contribution in [0.1, 0.15) is 19.3 Å². The average Bonchev–Trinajstić information content (AvgIpc) is 2.99. The van der Waals surface area contributed by atoms with Crippen molar-refractivity contribution in [1.29, 1.82) is 0 Å². The lowest BCUT2D eigenvalue weighted by atomic mass is 9.91. The standard InChI is InChI=1S/C17H27N3O/c1-19-11-8-17(21,9-12-19)14-18-15-7-10-20(13-15)16-5-3-2-4-6-16/h2-6,15,18,21H,7-14H2,1H3/t15-/m1/s1. The Morgan fingerprint density at radius 1 is 1.19 bits per heavy atom. The summed E-state index contributed by atoms with van der Waals surface area (Å²) in [6.07, 6.45) is 2.92. The van der Waals surface area contributed by atoms with Crippen LogP contribution in [0.4, 0.5) is 5.69 Å². The molecule has 1 atom stereocenters. The molecule has 1 aromatic rings. The van der Waals surface area contributed by atoms with Gasteiger partial charge in [0.05, 0.1) is 5.60 Å². The fourth-order valence-corrected chi connectivity index (χ4v) is 3.35. The number of rotatable bonds is 4. The van der Waals surface area contributed by atoms with Gasteiger partial charge in [-0.2, -0.15) is 0 Å². The number of para-hydroxylation sites is 1. The van der Waals surface area contributed by atoms with E-state index >= 15 is 0 Å². The number of anilines is 1. The van der Waals surface area contributed by atoms with Crippen LogP contribution >= 0.6 is 0 Å². The van der Waals surface area contributed by atoms with Crippen molar-refractivity contribution < 1.29 is 5.11 Å². The lowest BCUT2D eigenvalue weighted by Gasteiger charge is -2.37. The zero-order valence-electron chi connectivity index (χ0n) is 13.0. The highest BCUT2D eigenvalue weighted by Gasteiger charge is 2.32. The Kier molecular flexibility index (Phi) is 4.48. The molecule has 4 nitrogen and oxygen atoms in total. The molecule has 21 heavy (non-hydrogen) atoms. The van der Waals surface area contributed by atoms with E-state index < -0.39 is 5.60 Å². The second-order valence-electron chi connectivity index (χ2n) is 6.68. The fraction of sp³-hybridized carbons (Fsp3) is 0.647. The second-order valence-corrected chi connectivity index (χ2v) is 6.68. The molecule has 0 amide bonds. The lowest BCUT2D eigenvalue weighted by Crippen LogP contribution is -2.51. The molecule has 2 aliphatic rings. The average molecular weight is 289 g/mol. The molecule has 116 valence electrons. The van der Waals surface area contributed by atoms with Crippen molar-refractivity contribution in [3.8, 4) is 0 Å². The van der Waals surface area contributed by atoms with Gasteiger partial charge < -0.3 is 20.2 Å². The summed E-state index contributed by atoms with van der Waals surface area (Å²) >= 11 is 0. The zero-order valence-corrected chi connectivity index (χ0v) is 13.0. The smallest absolute Gasteiger partial charge is 0.0796 e. The van der Waals surface area contributed by atoms with Crippen molar-refractivity contribution in [1.82, 2.24) is 10.2 Å². The molecule has 0 radical (unpaired) electrons. The van der Waals surface area contributed by atoms with Crippen LogP contribution in [0.5, 0.6) is 0 Å². The molecule has 0 unspecified atom stereocenters. The maximum Gasteiger partial charge on any atom is 0.0796 e. The number of nitrogens with zero attached hydrogens (tertiary/aromatic N) is 2. The molecule has 1 aromatic carbocycles. The summed E-state index contributed by atoms with van der Waals surface area (Å²) in [5.74, 6) is 0. The van der Waals surface area contributed by atoms with Crippen molar-refractivity contribution in [2.75, 3.05) is 44.7 Å². The van der Waals surface area contributed by atoms with E-state index in [4.69, 9.17) is 0 Å². The first-order valence-corrected chi connectivity index (χ1v) is 8.09. The van der Waals surface area contributed by atoms with Gasteiger partial charge in [-0.05, 0) is 38.4 Å². The summed E-state index contributed by atoms with van der Waals surface area (Å²) in [6.45, 7) is 4.87. The van der Waals surface area contributed by atoms with E-state index in [0.717, 1.165) is 52.0 Å². The molecule has 4 heteroatoms. The van der Waals surface area contributed by atoms with E-state index in [1.807, 2.05) is 0 Å². The van der Waals surface area contributed by atoms with Crippen molar-refractivity contribution >= 4 is 5.69 Å². The van der Waals surface area contributed by atoms with Gasteiger partial charge in [-0.25, -0.2) is 0 Å². The number of piperidine rings is 1. The first kappa shape index (κ1) is 14.8. The van der Waals surface area contributed by atoms with Gasteiger partial charge in [-0.15, -0.1) is 0 Å². The van der Waals surface area contributed by atoms with E-state index in [9.17, 15) is 5.11 Å². The number of hydrogen-bond donors (Lipinski definition) is 2. The van der Waals surface area contributed by atoms with Crippen LogP contribution in [0.25, 0.3) is 0 Å². The van der Waals surface area contributed by atoms with E-state index in [1.54, 1.807) is 0 Å². The van der Waals surface area contributed by atoms with Crippen LogP contribution in [-0.4, -0.2) is 61.4 Å². The quantitative estimate of drug-likeness (QED) is 0.877. The van der Waals surface area contributed by atoms with Gasteiger partial charge in [0.25, 0.3) is 0 Å². The van der Waals surface area contributed by atoms with Crippen molar-refractivity contribution in [3.05, 3.63) is 30.3 Å². The third-order valence-electron chi connectivity index (χ3n) is 4.95. The molecular formula is C17H27N3O. The summed E-state index contributed by atoms with van der Waals surface area (Å²) in [7, 11) is 2.13. The molecule has 2 heterocycles. The van der Waals surface area contributed by atoms with Crippen LogP contribution < -0.4 is 10.2 Å². The summed E-state index contributed by atoms with van der Waals surface area (Å²) in [5, 5.41) is 14.2. The molecule has 2 saturated heterocycles. The Morgan fingerprint density at radius 3 is 2.62 bits per heavy atom. The van der Waals surface area contributed by atoms with Crippen LogP contribution in [0, 0.1) is 0 Å². The monoisotopic (exact) mass is 289 g/mol. The van der Waals surface area contributed by atoms with Crippen LogP contribution in [-0.2, 0) is 0 Å². The van der Waals surface area contributed by atoms with Gasteiger partial charge >= 0.3 is 0 Å². The minimum Gasteiger partial charge on any atom is -0.388 e. The van der Waals surface area contributed by atoms with E-state index in [-0.39, 0.29) is 0 Å². The van der Waals surface area contributed by atoms with E-state index in [2.05, 4.69) is 52.5 Å². The minimum absolute atomic E-state index is 0.494. The third kappa shape index (κ3) is 3.76. The third-order valence-corrected chi connectivity index (χ3v) is 4.95. The van der Waals surface area contributed by atoms with Crippen molar-refractivity contribution in [2.45, 2.75) is 30.9 Å². The highest BCUT2D eigenvalue weighted by Crippen LogP contribution is 2.23. The minimum atomic E-state index is -0.507. The van der Waals surface area contributed by atoms with Gasteiger partial charge in [0, 0.05) is 44.5 Å². The first-order valence-electron chi connectivity index (χ1n) is 8.09. The molecule has 0 aliphatic carbocycles. The summed E-state index contributed by atoms with van der Waals surface area (Å²) in [4.78, 5) is 4.72. The lowest BCUT2D eigenvalue weighted by molar-refractivity contribution is -0.0158. The molecule has 0 spiro atoms. The molecule has 2 fully saturated rings. The Bertz CT molecular complexity index is 443. The predicted molar refractivity (Wildman–Crippen MR) is 86.7 cm³/mol. The number of hydrogen-bond acceptors (Lipinski definition) is 4. The Hall–Kier alpha value is -1.10. The Labute approximate surface area is 127 Å². The number of nitrogens with one attached hydrogen (secondary N) is 1. The number of benzene rings is 1. The predicted octanol–water partition coefficient (Wildman–Crippen LogP) is 1.31. The molecule has 3 rings (SSSR count).